The molecule has 0 amide bonds. The molecule has 0 heterocycles. The summed E-state index contributed by atoms with van der Waals surface area (Å²) in [6, 6.07) is 4.60. The van der Waals surface area contributed by atoms with Crippen molar-refractivity contribution in [3.63, 3.8) is 0 Å². The molecule has 0 spiro atoms. The fourth-order valence-electron chi connectivity index (χ4n) is 3.89. The van der Waals surface area contributed by atoms with E-state index in [4.69, 9.17) is 0 Å². The Morgan fingerprint density at radius 1 is 0.556 bits per heavy atom. The predicted molar refractivity (Wildman–Crippen MR) is 96.3 cm³/mol. The van der Waals surface area contributed by atoms with Crippen LogP contribution in [0.4, 0.5) is 0 Å². The molecule has 1 fully saturated rings. The summed E-state index contributed by atoms with van der Waals surface area (Å²) in [6.45, 7) is 0. The zero-order valence-corrected chi connectivity index (χ0v) is 19.2. The summed E-state index contributed by atoms with van der Waals surface area (Å²) in [4.78, 5) is 0. The van der Waals surface area contributed by atoms with Crippen LogP contribution in [-0.4, -0.2) is 30.7 Å². The Kier molecular flexibility index (Phi) is 9.69. The lowest BCUT2D eigenvalue weighted by Crippen LogP contribution is -2.23. The molecule has 1 saturated carbocycles. The van der Waals surface area contributed by atoms with Gasteiger partial charge < -0.3 is 0 Å². The molecule has 1 aliphatic rings. The van der Waals surface area contributed by atoms with Gasteiger partial charge in [-0.3, -0.25) is 0 Å². The Hall–Kier alpha value is 0.651. The maximum atomic E-state index is 1.60. The number of rotatable bonds is 9. The summed E-state index contributed by atoms with van der Waals surface area (Å²) >= 11 is 0. The minimum absolute atomic E-state index is 1.12. The molecule has 18 heavy (non-hydrogen) atoms. The topological polar surface area (TPSA) is 0 Å². The van der Waals surface area contributed by atoms with Crippen molar-refractivity contribution in [1.82, 2.24) is 0 Å². The minimum Gasteiger partial charge on any atom is -0.0658 e. The first-order valence-corrected chi connectivity index (χ1v) is 13.0. The van der Waals surface area contributed by atoms with E-state index in [0.717, 1.165) is 17.8 Å². The normalized spacial score (nSPS) is 29.0. The Labute approximate surface area is 124 Å². The smallest absolute Gasteiger partial charge is 0.00279 e. The van der Waals surface area contributed by atoms with Crippen molar-refractivity contribution < 1.29 is 0 Å². The second kappa shape index (κ2) is 10.4. The van der Waals surface area contributed by atoms with Gasteiger partial charge in [0.1, 0.15) is 0 Å². The Morgan fingerprint density at radius 3 is 1.06 bits per heavy atom. The average Bonchev–Trinajstić information content (AvgIpc) is 2.40. The zero-order valence-electron chi connectivity index (χ0n) is 13.2. The largest absolute Gasteiger partial charge is 0.0658 e. The van der Waals surface area contributed by atoms with Crippen molar-refractivity contribution in [2.45, 2.75) is 75.9 Å². The number of hydrogen-bond acceptors (Lipinski definition) is 0. The SMILES string of the molecule is [SiH3]CCCC1CC(CCC[SiH3])CC(CCC[SiH3])C1. The maximum Gasteiger partial charge on any atom is 0.00279 e. The van der Waals surface area contributed by atoms with Crippen LogP contribution in [0.3, 0.4) is 0 Å². The van der Waals surface area contributed by atoms with Crippen LogP contribution < -0.4 is 0 Å². The van der Waals surface area contributed by atoms with Crippen LogP contribution in [0.25, 0.3) is 0 Å². The van der Waals surface area contributed by atoms with E-state index in [2.05, 4.69) is 0 Å². The van der Waals surface area contributed by atoms with Gasteiger partial charge in [-0.25, -0.2) is 0 Å². The second-order valence-electron chi connectivity index (χ2n) is 6.73. The minimum atomic E-state index is 1.12. The van der Waals surface area contributed by atoms with Gasteiger partial charge in [0.05, 0.1) is 0 Å². The van der Waals surface area contributed by atoms with Gasteiger partial charge in [-0.2, -0.15) is 0 Å². The molecular weight excluding hydrogens is 264 g/mol. The van der Waals surface area contributed by atoms with Crippen LogP contribution in [0.5, 0.6) is 0 Å². The molecule has 0 bridgehead atoms. The average molecular weight is 301 g/mol. The molecule has 1 rings (SSSR count). The molecule has 0 aromatic carbocycles. The van der Waals surface area contributed by atoms with Gasteiger partial charge in [0.15, 0.2) is 0 Å². The standard InChI is InChI=1S/C15H36Si3/c16-7-1-4-13-10-14(5-2-8-17)12-15(11-13)6-3-9-18/h13-15H,1-12H2,16-18H3. The monoisotopic (exact) mass is 300 g/mol. The molecule has 0 aromatic rings. The van der Waals surface area contributed by atoms with Crippen molar-refractivity contribution >= 4 is 30.7 Å². The van der Waals surface area contributed by atoms with E-state index in [-0.39, 0.29) is 0 Å². The lowest BCUT2D eigenvalue weighted by atomic mass is 9.71. The Balaban J connectivity index is 2.38. The van der Waals surface area contributed by atoms with Crippen molar-refractivity contribution in [3.05, 3.63) is 0 Å². The van der Waals surface area contributed by atoms with E-state index in [0.29, 0.717) is 0 Å². The van der Waals surface area contributed by atoms with Crippen LogP contribution in [0.2, 0.25) is 18.1 Å². The van der Waals surface area contributed by atoms with E-state index in [9.17, 15) is 0 Å². The van der Waals surface area contributed by atoms with Crippen LogP contribution in [0.1, 0.15) is 57.8 Å². The highest BCUT2D eigenvalue weighted by atomic mass is 28.2. The highest BCUT2D eigenvalue weighted by Gasteiger charge is 2.27. The molecule has 0 atom stereocenters. The Morgan fingerprint density at radius 2 is 0.833 bits per heavy atom. The van der Waals surface area contributed by atoms with Gasteiger partial charge >= 0.3 is 0 Å². The van der Waals surface area contributed by atoms with Crippen LogP contribution in [0, 0.1) is 17.8 Å². The van der Waals surface area contributed by atoms with Gasteiger partial charge in [-0.1, -0.05) is 56.7 Å². The summed E-state index contributed by atoms with van der Waals surface area (Å²) in [7, 11) is 4.27. The summed E-state index contributed by atoms with van der Waals surface area (Å²) in [5.74, 6) is 3.35. The molecule has 0 unspecified atom stereocenters. The quantitative estimate of drug-likeness (QED) is 0.569. The summed E-state index contributed by atoms with van der Waals surface area (Å²) in [6.07, 6.45) is 14.1. The molecule has 0 aliphatic heterocycles. The highest BCUT2D eigenvalue weighted by Crippen LogP contribution is 2.40. The summed E-state index contributed by atoms with van der Waals surface area (Å²) < 4.78 is 0. The first-order valence-electron chi connectivity index (χ1n) is 8.80. The fraction of sp³-hybridized carbons (Fsp3) is 1.00. The van der Waals surface area contributed by atoms with Gasteiger partial charge in [-0.05, 0) is 37.0 Å². The van der Waals surface area contributed by atoms with E-state index in [1.165, 1.54) is 68.1 Å². The highest BCUT2D eigenvalue weighted by molar-refractivity contribution is 6.08. The van der Waals surface area contributed by atoms with Crippen molar-refractivity contribution in [2.24, 2.45) is 17.8 Å². The summed E-state index contributed by atoms with van der Waals surface area (Å²) in [5.41, 5.74) is 0. The molecule has 1 aliphatic carbocycles. The van der Waals surface area contributed by atoms with Crippen molar-refractivity contribution in [2.75, 3.05) is 0 Å². The van der Waals surface area contributed by atoms with Crippen LogP contribution >= 0.6 is 0 Å². The molecule has 0 nitrogen and oxygen atoms in total. The van der Waals surface area contributed by atoms with Gasteiger partial charge in [0.25, 0.3) is 0 Å². The van der Waals surface area contributed by atoms with E-state index in [1.807, 2.05) is 0 Å². The van der Waals surface area contributed by atoms with Crippen LogP contribution in [0.15, 0.2) is 0 Å². The molecule has 0 aromatic heterocycles. The molecular formula is C15H36Si3. The third-order valence-corrected chi connectivity index (χ3v) is 7.02. The van der Waals surface area contributed by atoms with Gasteiger partial charge in [-0.15, -0.1) is 0 Å². The lowest BCUT2D eigenvalue weighted by molar-refractivity contribution is 0.169. The Bertz CT molecular complexity index is 157. The fourth-order valence-corrected chi connectivity index (χ4v) is 5.11. The molecule has 3 heteroatoms. The molecule has 0 N–H and O–H groups in total. The first kappa shape index (κ1) is 16.7. The summed E-state index contributed by atoms with van der Waals surface area (Å²) in [5, 5.41) is 0. The van der Waals surface area contributed by atoms with Gasteiger partial charge in [0, 0.05) is 30.7 Å². The van der Waals surface area contributed by atoms with Crippen molar-refractivity contribution in [3.8, 4) is 0 Å². The second-order valence-corrected chi connectivity index (χ2v) is 9.73. The third-order valence-electron chi connectivity index (χ3n) is 4.90. The van der Waals surface area contributed by atoms with Crippen molar-refractivity contribution in [1.29, 1.82) is 0 Å². The zero-order chi connectivity index (χ0) is 13.2. The lowest BCUT2D eigenvalue weighted by Gasteiger charge is -2.35. The van der Waals surface area contributed by atoms with Crippen LogP contribution in [-0.2, 0) is 0 Å². The first-order chi connectivity index (χ1) is 8.80. The van der Waals surface area contributed by atoms with E-state index in [1.54, 1.807) is 38.5 Å². The molecule has 0 radical (unpaired) electrons. The maximum absolute atomic E-state index is 1.60. The third kappa shape index (κ3) is 6.71. The molecule has 108 valence electrons. The van der Waals surface area contributed by atoms with E-state index >= 15 is 0 Å². The van der Waals surface area contributed by atoms with E-state index < -0.39 is 0 Å². The predicted octanol–water partition coefficient (Wildman–Crippen LogP) is 1.71. The van der Waals surface area contributed by atoms with Gasteiger partial charge in [0.2, 0.25) is 0 Å². The molecule has 0 saturated heterocycles. The number of hydrogen-bond donors (Lipinski definition) is 0.